The lowest BCUT2D eigenvalue weighted by Gasteiger charge is -2.15. The highest BCUT2D eigenvalue weighted by Gasteiger charge is 2.12. The van der Waals surface area contributed by atoms with Gasteiger partial charge in [-0.2, -0.15) is 0 Å². The fourth-order valence-corrected chi connectivity index (χ4v) is 2.48. The number of aliphatic hydroxyl groups excluding tert-OH is 2. The summed E-state index contributed by atoms with van der Waals surface area (Å²) in [5.41, 5.74) is 0. The summed E-state index contributed by atoms with van der Waals surface area (Å²) in [4.78, 5) is 0. The summed E-state index contributed by atoms with van der Waals surface area (Å²) in [6.45, 7) is 4.17. The summed E-state index contributed by atoms with van der Waals surface area (Å²) in [5, 5.41) is 19.0. The molecule has 2 heteroatoms. The van der Waals surface area contributed by atoms with Crippen molar-refractivity contribution in [3.05, 3.63) is 0 Å². The summed E-state index contributed by atoms with van der Waals surface area (Å²) in [7, 11) is 0. The van der Waals surface area contributed by atoms with Crippen molar-refractivity contribution in [2.75, 3.05) is 0 Å². The molecule has 0 amide bonds. The van der Waals surface area contributed by atoms with Gasteiger partial charge >= 0.3 is 0 Å². The molecule has 0 saturated heterocycles. The minimum atomic E-state index is -0.525. The Labute approximate surface area is 120 Å². The molecule has 0 heterocycles. The van der Waals surface area contributed by atoms with Crippen molar-refractivity contribution >= 4 is 0 Å². The third kappa shape index (κ3) is 12.7. The Balaban J connectivity index is 3.10. The first kappa shape index (κ1) is 18.9. The zero-order chi connectivity index (χ0) is 14.3. The van der Waals surface area contributed by atoms with E-state index >= 15 is 0 Å². The van der Waals surface area contributed by atoms with E-state index in [-0.39, 0.29) is 0 Å². The lowest BCUT2D eigenvalue weighted by atomic mass is 10.0. The summed E-state index contributed by atoms with van der Waals surface area (Å²) in [6, 6.07) is 0. The fourth-order valence-electron chi connectivity index (χ4n) is 2.48. The second kappa shape index (κ2) is 14.3. The maximum Gasteiger partial charge on any atom is 0.0799 e. The molecule has 0 aliphatic carbocycles. The van der Waals surface area contributed by atoms with E-state index in [0.29, 0.717) is 6.42 Å². The quantitative estimate of drug-likeness (QED) is 0.445. The molecule has 0 bridgehead atoms. The van der Waals surface area contributed by atoms with Crippen molar-refractivity contribution < 1.29 is 10.2 Å². The lowest BCUT2D eigenvalue weighted by Crippen LogP contribution is -2.24. The molecule has 2 atom stereocenters. The zero-order valence-electron chi connectivity index (χ0n) is 13.2. The molecule has 2 N–H and O–H groups in total. The van der Waals surface area contributed by atoms with Crippen LogP contribution in [0.4, 0.5) is 0 Å². The van der Waals surface area contributed by atoms with Crippen LogP contribution in [0.5, 0.6) is 0 Å². The predicted molar refractivity (Wildman–Crippen MR) is 83.4 cm³/mol. The van der Waals surface area contributed by atoms with Crippen LogP contribution in [0.1, 0.15) is 97.3 Å². The predicted octanol–water partition coefficient (Wildman–Crippen LogP) is 4.82. The second-order valence-corrected chi connectivity index (χ2v) is 5.87. The minimum absolute atomic E-state index is 0.511. The summed E-state index contributed by atoms with van der Waals surface area (Å²) in [5.74, 6) is 0. The Morgan fingerprint density at radius 3 is 1.42 bits per heavy atom. The Morgan fingerprint density at radius 1 is 0.579 bits per heavy atom. The number of hydrogen-bond donors (Lipinski definition) is 2. The van der Waals surface area contributed by atoms with Gasteiger partial charge in [-0.15, -0.1) is 0 Å². The average Bonchev–Trinajstić information content (AvgIpc) is 2.43. The van der Waals surface area contributed by atoms with E-state index < -0.39 is 12.2 Å². The molecule has 2 unspecified atom stereocenters. The van der Waals surface area contributed by atoms with Crippen LogP contribution < -0.4 is 0 Å². The van der Waals surface area contributed by atoms with Crippen LogP contribution in [0.25, 0.3) is 0 Å². The van der Waals surface area contributed by atoms with Gasteiger partial charge in [-0.25, -0.2) is 0 Å². The third-order valence-corrected chi connectivity index (χ3v) is 3.97. The highest BCUT2D eigenvalue weighted by atomic mass is 16.3. The molecule has 0 rings (SSSR count). The lowest BCUT2D eigenvalue weighted by molar-refractivity contribution is 0.0114. The Bertz CT molecular complexity index is 171. The molecule has 2 nitrogen and oxygen atoms in total. The summed E-state index contributed by atoms with van der Waals surface area (Å²) in [6.07, 6.45) is 14.9. The zero-order valence-corrected chi connectivity index (χ0v) is 13.2. The molecule has 0 aliphatic rings. The smallest absolute Gasteiger partial charge is 0.0799 e. The van der Waals surface area contributed by atoms with Gasteiger partial charge in [0.1, 0.15) is 0 Å². The normalized spacial score (nSPS) is 14.5. The molecular weight excluding hydrogens is 236 g/mol. The first-order valence-electron chi connectivity index (χ1n) is 8.58. The van der Waals surface area contributed by atoms with E-state index in [2.05, 4.69) is 6.92 Å². The molecular formula is C17H36O2. The van der Waals surface area contributed by atoms with Gasteiger partial charge < -0.3 is 10.2 Å². The molecule has 0 fully saturated rings. The first-order chi connectivity index (χ1) is 9.22. The molecule has 0 radical (unpaired) electrons. The van der Waals surface area contributed by atoms with Gasteiger partial charge in [-0.1, -0.05) is 84.5 Å². The van der Waals surface area contributed by atoms with Gasteiger partial charge in [0, 0.05) is 0 Å². The van der Waals surface area contributed by atoms with Gasteiger partial charge in [0.05, 0.1) is 12.2 Å². The van der Waals surface area contributed by atoms with Crippen molar-refractivity contribution in [2.24, 2.45) is 0 Å². The topological polar surface area (TPSA) is 40.5 Å². The van der Waals surface area contributed by atoms with Crippen LogP contribution in [-0.4, -0.2) is 22.4 Å². The van der Waals surface area contributed by atoms with E-state index in [9.17, 15) is 10.2 Å². The Hall–Kier alpha value is -0.0800. The summed E-state index contributed by atoms with van der Waals surface area (Å²) >= 11 is 0. The highest BCUT2D eigenvalue weighted by Crippen LogP contribution is 2.13. The van der Waals surface area contributed by atoms with Crippen molar-refractivity contribution in [2.45, 2.75) is 110 Å². The van der Waals surface area contributed by atoms with Crippen molar-refractivity contribution in [3.8, 4) is 0 Å². The number of rotatable bonds is 14. The van der Waals surface area contributed by atoms with Crippen LogP contribution in [0.3, 0.4) is 0 Å². The van der Waals surface area contributed by atoms with Gasteiger partial charge in [0.25, 0.3) is 0 Å². The third-order valence-electron chi connectivity index (χ3n) is 3.97. The van der Waals surface area contributed by atoms with E-state index in [4.69, 9.17) is 0 Å². The standard InChI is InChI=1S/C17H36O2/c1-3-5-6-7-8-9-10-11-12-13-14-15-17(19)16(18)4-2/h16-19H,3-15H2,1-2H3. The van der Waals surface area contributed by atoms with Crippen LogP contribution in [0, 0.1) is 0 Å². The summed E-state index contributed by atoms with van der Waals surface area (Å²) < 4.78 is 0. The van der Waals surface area contributed by atoms with Crippen LogP contribution >= 0.6 is 0 Å². The van der Waals surface area contributed by atoms with E-state index in [0.717, 1.165) is 12.8 Å². The van der Waals surface area contributed by atoms with Crippen molar-refractivity contribution in [1.29, 1.82) is 0 Å². The molecule has 0 aromatic rings. The van der Waals surface area contributed by atoms with Crippen LogP contribution in [0.2, 0.25) is 0 Å². The van der Waals surface area contributed by atoms with Crippen LogP contribution in [-0.2, 0) is 0 Å². The Morgan fingerprint density at radius 2 is 1.00 bits per heavy atom. The van der Waals surface area contributed by atoms with Gasteiger partial charge in [0.2, 0.25) is 0 Å². The minimum Gasteiger partial charge on any atom is -0.390 e. The molecule has 0 saturated carbocycles. The van der Waals surface area contributed by atoms with Gasteiger partial charge in [-0.3, -0.25) is 0 Å². The molecule has 0 aromatic carbocycles. The van der Waals surface area contributed by atoms with Gasteiger partial charge in [0.15, 0.2) is 0 Å². The number of unbranched alkanes of at least 4 members (excludes halogenated alkanes) is 10. The Kier molecular flexibility index (Phi) is 14.3. The van der Waals surface area contributed by atoms with E-state index in [1.807, 2.05) is 6.92 Å². The van der Waals surface area contributed by atoms with E-state index in [1.165, 1.54) is 64.2 Å². The van der Waals surface area contributed by atoms with Crippen LogP contribution in [0.15, 0.2) is 0 Å². The molecule has 19 heavy (non-hydrogen) atoms. The fraction of sp³-hybridized carbons (Fsp3) is 1.00. The second-order valence-electron chi connectivity index (χ2n) is 5.87. The molecule has 116 valence electrons. The first-order valence-corrected chi connectivity index (χ1v) is 8.58. The monoisotopic (exact) mass is 272 g/mol. The molecule has 0 aliphatic heterocycles. The highest BCUT2D eigenvalue weighted by molar-refractivity contribution is 4.65. The molecule has 0 aromatic heterocycles. The van der Waals surface area contributed by atoms with E-state index in [1.54, 1.807) is 0 Å². The SMILES string of the molecule is CCCCCCCCCCCCCC(O)C(O)CC. The number of aliphatic hydroxyl groups is 2. The van der Waals surface area contributed by atoms with Crippen molar-refractivity contribution in [1.82, 2.24) is 0 Å². The van der Waals surface area contributed by atoms with Crippen molar-refractivity contribution in [3.63, 3.8) is 0 Å². The maximum atomic E-state index is 9.61. The largest absolute Gasteiger partial charge is 0.390 e. The maximum absolute atomic E-state index is 9.61. The average molecular weight is 272 g/mol. The number of hydrogen-bond acceptors (Lipinski definition) is 2. The molecule has 0 spiro atoms. The van der Waals surface area contributed by atoms with Gasteiger partial charge in [-0.05, 0) is 12.8 Å².